The Balaban J connectivity index is 2.71. The number of nitrogens with zero attached hydrogens (tertiary/aromatic N) is 4. The summed E-state index contributed by atoms with van der Waals surface area (Å²) < 4.78 is 0. The molecule has 0 fully saturated rings. The standard InChI is InChI=1S/C10H12N4/c1-6(2)8-7(3)13-9-10(14-8)12-5-4-11-9/h4-6H,1-3H3. The minimum atomic E-state index is 0.369. The molecular weight excluding hydrogens is 176 g/mol. The van der Waals surface area contributed by atoms with E-state index < -0.39 is 0 Å². The molecule has 4 heteroatoms. The van der Waals surface area contributed by atoms with Crippen molar-refractivity contribution in [1.82, 2.24) is 19.9 Å². The maximum Gasteiger partial charge on any atom is 0.198 e. The van der Waals surface area contributed by atoms with E-state index in [2.05, 4.69) is 33.8 Å². The summed E-state index contributed by atoms with van der Waals surface area (Å²) in [6.07, 6.45) is 3.27. The van der Waals surface area contributed by atoms with Gasteiger partial charge in [-0.05, 0) is 12.8 Å². The summed E-state index contributed by atoms with van der Waals surface area (Å²) in [6.45, 7) is 6.15. The van der Waals surface area contributed by atoms with Crippen molar-refractivity contribution >= 4 is 11.3 Å². The number of fused-ring (bicyclic) bond motifs is 1. The Hall–Kier alpha value is -1.58. The molecule has 0 amide bonds. The Bertz CT molecular complexity index is 465. The summed E-state index contributed by atoms with van der Waals surface area (Å²) in [5.74, 6) is 0.369. The fourth-order valence-electron chi connectivity index (χ4n) is 1.44. The van der Waals surface area contributed by atoms with E-state index in [0.29, 0.717) is 17.2 Å². The highest BCUT2D eigenvalue weighted by molar-refractivity contribution is 5.64. The maximum absolute atomic E-state index is 4.44. The first-order valence-corrected chi connectivity index (χ1v) is 4.63. The molecule has 2 aromatic rings. The van der Waals surface area contributed by atoms with Crippen LogP contribution in [-0.2, 0) is 0 Å². The first kappa shape index (κ1) is 8.99. The highest BCUT2D eigenvalue weighted by Gasteiger charge is 2.09. The van der Waals surface area contributed by atoms with E-state index >= 15 is 0 Å². The van der Waals surface area contributed by atoms with Crippen molar-refractivity contribution in [3.63, 3.8) is 0 Å². The van der Waals surface area contributed by atoms with Gasteiger partial charge in [-0.1, -0.05) is 13.8 Å². The summed E-state index contributed by atoms with van der Waals surface area (Å²) in [4.78, 5) is 17.0. The van der Waals surface area contributed by atoms with E-state index in [0.717, 1.165) is 11.4 Å². The predicted octanol–water partition coefficient (Wildman–Crippen LogP) is 1.85. The molecule has 2 heterocycles. The molecule has 0 N–H and O–H groups in total. The van der Waals surface area contributed by atoms with Crippen LogP contribution in [0.25, 0.3) is 11.3 Å². The van der Waals surface area contributed by atoms with Crippen LogP contribution in [0.15, 0.2) is 12.4 Å². The Kier molecular flexibility index (Phi) is 2.11. The second-order valence-electron chi connectivity index (χ2n) is 3.55. The predicted molar refractivity (Wildman–Crippen MR) is 54.0 cm³/mol. The Morgan fingerprint density at radius 2 is 1.57 bits per heavy atom. The second kappa shape index (κ2) is 3.29. The van der Waals surface area contributed by atoms with Crippen molar-refractivity contribution in [2.75, 3.05) is 0 Å². The summed E-state index contributed by atoms with van der Waals surface area (Å²) in [5.41, 5.74) is 3.18. The minimum absolute atomic E-state index is 0.369. The van der Waals surface area contributed by atoms with Crippen LogP contribution >= 0.6 is 0 Å². The molecular formula is C10H12N4. The van der Waals surface area contributed by atoms with Crippen molar-refractivity contribution in [3.05, 3.63) is 23.8 Å². The van der Waals surface area contributed by atoms with Gasteiger partial charge in [0, 0.05) is 12.4 Å². The van der Waals surface area contributed by atoms with Crippen molar-refractivity contribution in [2.24, 2.45) is 0 Å². The van der Waals surface area contributed by atoms with Crippen molar-refractivity contribution < 1.29 is 0 Å². The van der Waals surface area contributed by atoms with Gasteiger partial charge in [0.1, 0.15) is 0 Å². The largest absolute Gasteiger partial charge is 0.232 e. The number of aromatic nitrogens is 4. The molecule has 0 atom stereocenters. The number of rotatable bonds is 1. The third-order valence-corrected chi connectivity index (χ3v) is 2.08. The summed E-state index contributed by atoms with van der Waals surface area (Å²) in [6, 6.07) is 0. The lowest BCUT2D eigenvalue weighted by Gasteiger charge is -2.07. The normalized spacial score (nSPS) is 11.1. The molecule has 2 aromatic heterocycles. The van der Waals surface area contributed by atoms with Gasteiger partial charge in [-0.2, -0.15) is 0 Å². The Labute approximate surface area is 82.5 Å². The quantitative estimate of drug-likeness (QED) is 0.685. The molecule has 0 spiro atoms. The lowest BCUT2D eigenvalue weighted by molar-refractivity contribution is 0.802. The molecule has 0 aromatic carbocycles. The molecule has 0 unspecified atom stereocenters. The van der Waals surface area contributed by atoms with Crippen LogP contribution in [0.4, 0.5) is 0 Å². The molecule has 72 valence electrons. The third kappa shape index (κ3) is 1.43. The fraction of sp³-hybridized carbons (Fsp3) is 0.400. The Morgan fingerprint density at radius 1 is 1.00 bits per heavy atom. The summed E-state index contributed by atoms with van der Waals surface area (Å²) in [7, 11) is 0. The van der Waals surface area contributed by atoms with Gasteiger partial charge < -0.3 is 0 Å². The number of aryl methyl sites for hydroxylation is 1. The van der Waals surface area contributed by atoms with Crippen LogP contribution in [0.3, 0.4) is 0 Å². The van der Waals surface area contributed by atoms with Gasteiger partial charge in [0.2, 0.25) is 0 Å². The zero-order valence-electron chi connectivity index (χ0n) is 8.52. The Morgan fingerprint density at radius 3 is 2.14 bits per heavy atom. The van der Waals surface area contributed by atoms with Crippen LogP contribution in [0.1, 0.15) is 31.2 Å². The molecule has 4 nitrogen and oxygen atoms in total. The smallest absolute Gasteiger partial charge is 0.198 e. The average Bonchev–Trinajstić information content (AvgIpc) is 2.16. The van der Waals surface area contributed by atoms with E-state index in [9.17, 15) is 0 Å². The van der Waals surface area contributed by atoms with Crippen molar-refractivity contribution in [2.45, 2.75) is 26.7 Å². The highest BCUT2D eigenvalue weighted by atomic mass is 15.0. The van der Waals surface area contributed by atoms with Gasteiger partial charge in [0.15, 0.2) is 11.3 Å². The van der Waals surface area contributed by atoms with Gasteiger partial charge in [-0.3, -0.25) is 0 Å². The lowest BCUT2D eigenvalue weighted by atomic mass is 10.1. The minimum Gasteiger partial charge on any atom is -0.232 e. The molecule has 2 rings (SSSR count). The molecule has 14 heavy (non-hydrogen) atoms. The maximum atomic E-state index is 4.44. The first-order chi connectivity index (χ1) is 6.68. The van der Waals surface area contributed by atoms with E-state index in [1.807, 2.05) is 6.92 Å². The monoisotopic (exact) mass is 188 g/mol. The van der Waals surface area contributed by atoms with Crippen LogP contribution < -0.4 is 0 Å². The van der Waals surface area contributed by atoms with Crippen LogP contribution in [-0.4, -0.2) is 19.9 Å². The lowest BCUT2D eigenvalue weighted by Crippen LogP contribution is -2.02. The van der Waals surface area contributed by atoms with Crippen LogP contribution in [0.2, 0.25) is 0 Å². The average molecular weight is 188 g/mol. The summed E-state index contributed by atoms with van der Waals surface area (Å²) >= 11 is 0. The van der Waals surface area contributed by atoms with E-state index in [1.165, 1.54) is 0 Å². The van der Waals surface area contributed by atoms with E-state index in [1.54, 1.807) is 12.4 Å². The van der Waals surface area contributed by atoms with Gasteiger partial charge in [0.05, 0.1) is 11.4 Å². The fourth-order valence-corrected chi connectivity index (χ4v) is 1.44. The van der Waals surface area contributed by atoms with Crippen LogP contribution in [0, 0.1) is 6.92 Å². The molecule has 0 aliphatic heterocycles. The third-order valence-electron chi connectivity index (χ3n) is 2.08. The molecule has 0 aliphatic rings. The van der Waals surface area contributed by atoms with Crippen molar-refractivity contribution in [1.29, 1.82) is 0 Å². The van der Waals surface area contributed by atoms with Crippen molar-refractivity contribution in [3.8, 4) is 0 Å². The number of hydrogen-bond acceptors (Lipinski definition) is 4. The SMILES string of the molecule is Cc1nc2nccnc2nc1C(C)C. The molecule has 0 saturated heterocycles. The van der Waals surface area contributed by atoms with Crippen LogP contribution in [0.5, 0.6) is 0 Å². The zero-order chi connectivity index (χ0) is 10.1. The summed E-state index contributed by atoms with van der Waals surface area (Å²) in [5, 5.41) is 0. The molecule has 0 saturated carbocycles. The van der Waals surface area contributed by atoms with E-state index in [-0.39, 0.29) is 0 Å². The second-order valence-corrected chi connectivity index (χ2v) is 3.55. The van der Waals surface area contributed by atoms with Gasteiger partial charge in [0.25, 0.3) is 0 Å². The topological polar surface area (TPSA) is 51.6 Å². The first-order valence-electron chi connectivity index (χ1n) is 4.63. The highest BCUT2D eigenvalue weighted by Crippen LogP contribution is 2.16. The molecule has 0 bridgehead atoms. The van der Waals surface area contributed by atoms with Gasteiger partial charge in [-0.15, -0.1) is 0 Å². The van der Waals surface area contributed by atoms with Gasteiger partial charge >= 0.3 is 0 Å². The van der Waals surface area contributed by atoms with Gasteiger partial charge in [-0.25, -0.2) is 19.9 Å². The molecule has 0 aliphatic carbocycles. The number of hydrogen-bond donors (Lipinski definition) is 0. The molecule has 0 radical (unpaired) electrons. The van der Waals surface area contributed by atoms with E-state index in [4.69, 9.17) is 0 Å². The zero-order valence-corrected chi connectivity index (χ0v) is 8.52.